The average Bonchev–Trinajstić information content (AvgIpc) is 2.33. The van der Waals surface area contributed by atoms with E-state index in [1.54, 1.807) is 20.8 Å². The fourth-order valence-electron chi connectivity index (χ4n) is 1.07. The van der Waals surface area contributed by atoms with E-state index in [4.69, 9.17) is 4.74 Å². The van der Waals surface area contributed by atoms with Crippen molar-refractivity contribution in [3.8, 4) is 5.75 Å². The third kappa shape index (κ3) is 4.13. The predicted octanol–water partition coefficient (Wildman–Crippen LogP) is 0.563. The SMILES string of the molecule is COc1cc(C(=O)NOC(=O)C(C)(C)C)c[n+]([O-])c1. The van der Waals surface area contributed by atoms with Crippen molar-refractivity contribution in [1.82, 2.24) is 5.48 Å². The van der Waals surface area contributed by atoms with Crippen LogP contribution in [0.3, 0.4) is 0 Å². The highest BCUT2D eigenvalue weighted by molar-refractivity contribution is 5.94. The number of hydrogen-bond donors (Lipinski definition) is 1. The third-order valence-corrected chi connectivity index (χ3v) is 2.17. The second-order valence-corrected chi connectivity index (χ2v) is 4.89. The Morgan fingerprint density at radius 2 is 1.95 bits per heavy atom. The maximum atomic E-state index is 11.7. The van der Waals surface area contributed by atoms with Crippen molar-refractivity contribution < 1.29 is 23.9 Å². The van der Waals surface area contributed by atoms with Crippen LogP contribution >= 0.6 is 0 Å². The quantitative estimate of drug-likeness (QED) is 0.481. The molecular formula is C12H16N2O5. The molecule has 7 heteroatoms. The average molecular weight is 268 g/mol. The van der Waals surface area contributed by atoms with E-state index in [9.17, 15) is 14.8 Å². The monoisotopic (exact) mass is 268 g/mol. The molecule has 1 aromatic heterocycles. The van der Waals surface area contributed by atoms with Gasteiger partial charge >= 0.3 is 5.97 Å². The Kier molecular flexibility index (Phi) is 4.31. The topological polar surface area (TPSA) is 91.6 Å². The molecule has 0 unspecified atom stereocenters. The molecule has 0 atom stereocenters. The number of pyridine rings is 1. The molecule has 1 aromatic rings. The Hall–Kier alpha value is -2.31. The fourth-order valence-corrected chi connectivity index (χ4v) is 1.07. The molecule has 7 nitrogen and oxygen atoms in total. The maximum absolute atomic E-state index is 11.7. The third-order valence-electron chi connectivity index (χ3n) is 2.17. The van der Waals surface area contributed by atoms with Gasteiger partial charge in [-0.2, -0.15) is 10.2 Å². The maximum Gasteiger partial charge on any atom is 0.337 e. The lowest BCUT2D eigenvalue weighted by atomic mass is 9.98. The highest BCUT2D eigenvalue weighted by Gasteiger charge is 2.24. The molecule has 1 amide bonds. The predicted molar refractivity (Wildman–Crippen MR) is 65.0 cm³/mol. The summed E-state index contributed by atoms with van der Waals surface area (Å²) in [6, 6.07) is 1.36. The summed E-state index contributed by atoms with van der Waals surface area (Å²) in [6.07, 6.45) is 2.21. The van der Waals surface area contributed by atoms with Gasteiger partial charge in [-0.05, 0) is 20.8 Å². The van der Waals surface area contributed by atoms with Gasteiger partial charge in [0, 0.05) is 6.07 Å². The summed E-state index contributed by atoms with van der Waals surface area (Å²) in [5.41, 5.74) is 1.28. The van der Waals surface area contributed by atoms with Crippen molar-refractivity contribution in [3.05, 3.63) is 29.2 Å². The molecule has 104 valence electrons. The Labute approximate surface area is 110 Å². The second kappa shape index (κ2) is 5.55. The van der Waals surface area contributed by atoms with Crippen LogP contribution < -0.4 is 14.9 Å². The van der Waals surface area contributed by atoms with E-state index in [1.807, 2.05) is 5.48 Å². The van der Waals surface area contributed by atoms with Gasteiger partial charge in [-0.25, -0.2) is 4.79 Å². The molecule has 1 rings (SSSR count). The van der Waals surface area contributed by atoms with Crippen LogP contribution in [0.1, 0.15) is 31.1 Å². The minimum atomic E-state index is -0.736. The van der Waals surface area contributed by atoms with Crippen LogP contribution in [-0.4, -0.2) is 19.0 Å². The molecule has 19 heavy (non-hydrogen) atoms. The van der Waals surface area contributed by atoms with Crippen LogP contribution in [0.25, 0.3) is 0 Å². The number of aromatic nitrogens is 1. The van der Waals surface area contributed by atoms with Crippen LogP contribution in [0.2, 0.25) is 0 Å². The lowest BCUT2D eigenvalue weighted by Crippen LogP contribution is -2.35. The van der Waals surface area contributed by atoms with Crippen LogP contribution in [0.5, 0.6) is 5.75 Å². The molecule has 1 N–H and O–H groups in total. The van der Waals surface area contributed by atoms with E-state index in [0.717, 1.165) is 12.4 Å². The van der Waals surface area contributed by atoms with Gasteiger partial charge in [0.2, 0.25) is 6.20 Å². The zero-order valence-electron chi connectivity index (χ0n) is 11.2. The molecule has 0 saturated carbocycles. The summed E-state index contributed by atoms with van der Waals surface area (Å²) in [5.74, 6) is -1.07. The highest BCUT2D eigenvalue weighted by atomic mass is 16.7. The van der Waals surface area contributed by atoms with Crippen molar-refractivity contribution >= 4 is 11.9 Å². The van der Waals surface area contributed by atoms with Gasteiger partial charge in [-0.3, -0.25) is 4.79 Å². The highest BCUT2D eigenvalue weighted by Crippen LogP contribution is 2.14. The minimum Gasteiger partial charge on any atom is -0.619 e. The first-order valence-corrected chi connectivity index (χ1v) is 5.53. The number of nitrogens with zero attached hydrogens (tertiary/aromatic N) is 1. The van der Waals surface area contributed by atoms with E-state index < -0.39 is 17.3 Å². The lowest BCUT2D eigenvalue weighted by Gasteiger charge is -2.15. The molecule has 1 heterocycles. The van der Waals surface area contributed by atoms with Crippen molar-refractivity contribution in [2.45, 2.75) is 20.8 Å². The van der Waals surface area contributed by atoms with Gasteiger partial charge in [-0.1, -0.05) is 0 Å². The molecule has 0 spiro atoms. The first kappa shape index (κ1) is 14.7. The second-order valence-electron chi connectivity index (χ2n) is 4.89. The smallest absolute Gasteiger partial charge is 0.337 e. The molecule has 0 saturated heterocycles. The van der Waals surface area contributed by atoms with E-state index in [2.05, 4.69) is 4.84 Å². The Balaban J connectivity index is 2.74. The summed E-state index contributed by atoms with van der Waals surface area (Å²) < 4.78 is 5.29. The van der Waals surface area contributed by atoms with Gasteiger partial charge in [-0.15, -0.1) is 0 Å². The number of rotatable bonds is 2. The van der Waals surface area contributed by atoms with Gasteiger partial charge in [0.05, 0.1) is 12.5 Å². The van der Waals surface area contributed by atoms with Crippen LogP contribution in [0, 0.1) is 10.6 Å². The summed E-state index contributed by atoms with van der Waals surface area (Å²) in [4.78, 5) is 27.8. The molecule has 0 aliphatic heterocycles. The van der Waals surface area contributed by atoms with Crippen molar-refractivity contribution in [2.75, 3.05) is 7.11 Å². The number of carbonyl (C=O) groups excluding carboxylic acids is 2. The number of hydrogen-bond acceptors (Lipinski definition) is 5. The number of nitrogens with one attached hydrogen (secondary N) is 1. The largest absolute Gasteiger partial charge is 0.619 e. The van der Waals surface area contributed by atoms with E-state index >= 15 is 0 Å². The number of carbonyl (C=O) groups is 2. The van der Waals surface area contributed by atoms with E-state index in [1.165, 1.54) is 13.2 Å². The summed E-state index contributed by atoms with van der Waals surface area (Å²) >= 11 is 0. The Morgan fingerprint density at radius 3 is 2.47 bits per heavy atom. The normalized spacial score (nSPS) is 10.7. The minimum absolute atomic E-state index is 0.0241. The van der Waals surface area contributed by atoms with Crippen molar-refractivity contribution in [1.29, 1.82) is 0 Å². The van der Waals surface area contributed by atoms with Crippen LogP contribution in [0.15, 0.2) is 18.5 Å². The van der Waals surface area contributed by atoms with Gasteiger partial charge in [0.25, 0.3) is 5.91 Å². The summed E-state index contributed by atoms with van der Waals surface area (Å²) in [5, 5.41) is 11.2. The Morgan fingerprint density at radius 1 is 1.32 bits per heavy atom. The first-order valence-electron chi connectivity index (χ1n) is 5.53. The zero-order chi connectivity index (χ0) is 14.6. The lowest BCUT2D eigenvalue weighted by molar-refractivity contribution is -0.605. The molecule has 0 aromatic carbocycles. The van der Waals surface area contributed by atoms with Gasteiger partial charge < -0.3 is 14.8 Å². The number of hydroxylamine groups is 1. The van der Waals surface area contributed by atoms with E-state index in [0.29, 0.717) is 4.73 Å². The summed E-state index contributed by atoms with van der Waals surface area (Å²) in [7, 11) is 1.37. The number of amides is 1. The van der Waals surface area contributed by atoms with E-state index in [-0.39, 0.29) is 11.3 Å². The van der Waals surface area contributed by atoms with Crippen molar-refractivity contribution in [3.63, 3.8) is 0 Å². The van der Waals surface area contributed by atoms with Crippen LogP contribution in [-0.2, 0) is 9.63 Å². The molecule has 0 aliphatic carbocycles. The molecule has 0 radical (unpaired) electrons. The first-order chi connectivity index (χ1) is 8.74. The molecule has 0 fully saturated rings. The van der Waals surface area contributed by atoms with Gasteiger partial charge in [0.1, 0.15) is 5.56 Å². The van der Waals surface area contributed by atoms with Gasteiger partial charge in [0.15, 0.2) is 11.9 Å². The number of ether oxygens (including phenoxy) is 1. The van der Waals surface area contributed by atoms with Crippen LogP contribution in [0.4, 0.5) is 0 Å². The molecular weight excluding hydrogens is 252 g/mol. The molecule has 0 aliphatic rings. The standard InChI is InChI=1S/C12H16N2O5/c1-12(2,3)11(16)19-13-10(15)8-5-9(18-4)7-14(17)6-8/h5-7H,1-4H3,(H,13,15). The fraction of sp³-hybridized carbons (Fsp3) is 0.417. The number of methoxy groups -OCH3 is 1. The Bertz CT molecular complexity index is 493. The van der Waals surface area contributed by atoms with Crippen molar-refractivity contribution in [2.24, 2.45) is 5.41 Å². The summed E-state index contributed by atoms with van der Waals surface area (Å²) in [6.45, 7) is 4.95. The zero-order valence-corrected chi connectivity index (χ0v) is 11.2. The molecule has 0 bridgehead atoms.